The maximum absolute atomic E-state index is 6.33. The number of hydrogen-bond donors (Lipinski definition) is 0. The van der Waals surface area contributed by atoms with E-state index in [1.807, 2.05) is 18.2 Å². The minimum Gasteiger partial charge on any atom is -0.378 e. The molecule has 0 N–H and O–H groups in total. The Morgan fingerprint density at radius 2 is 1.96 bits per heavy atom. The first-order valence-electron chi connectivity index (χ1n) is 8.07. The van der Waals surface area contributed by atoms with Gasteiger partial charge in [-0.3, -0.25) is 4.98 Å². The summed E-state index contributed by atoms with van der Waals surface area (Å²) in [6, 6.07) is 12.2. The molecule has 24 heavy (non-hydrogen) atoms. The Morgan fingerprint density at radius 1 is 1.12 bits per heavy atom. The fraction of sp³-hybridized carbons (Fsp3) is 0.263. The van der Waals surface area contributed by atoms with E-state index in [4.69, 9.17) is 16.3 Å². The second kappa shape index (κ2) is 6.38. The highest BCUT2D eigenvalue weighted by molar-refractivity contribution is 6.34. The lowest BCUT2D eigenvalue weighted by atomic mass is 10.0. The van der Waals surface area contributed by atoms with E-state index in [0.717, 1.165) is 48.5 Å². The van der Waals surface area contributed by atoms with Gasteiger partial charge in [-0.15, -0.1) is 0 Å². The van der Waals surface area contributed by atoms with Crippen molar-refractivity contribution in [2.75, 3.05) is 31.2 Å². The topological polar surface area (TPSA) is 38.2 Å². The van der Waals surface area contributed by atoms with Crippen molar-refractivity contribution in [2.24, 2.45) is 0 Å². The van der Waals surface area contributed by atoms with Crippen molar-refractivity contribution in [1.29, 1.82) is 0 Å². The molecule has 0 bridgehead atoms. The molecule has 1 saturated heterocycles. The minimum absolute atomic E-state index is 0.491. The van der Waals surface area contributed by atoms with Crippen LogP contribution < -0.4 is 4.90 Å². The predicted molar refractivity (Wildman–Crippen MR) is 97.8 cm³/mol. The Balaban J connectivity index is 1.73. The van der Waals surface area contributed by atoms with Crippen molar-refractivity contribution in [3.63, 3.8) is 0 Å². The quantitative estimate of drug-likeness (QED) is 0.659. The number of aryl methyl sites for hydroxylation is 1. The van der Waals surface area contributed by atoms with E-state index >= 15 is 0 Å². The van der Waals surface area contributed by atoms with Crippen LogP contribution in [0.25, 0.3) is 22.2 Å². The number of ether oxygens (including phenoxy) is 1. The highest BCUT2D eigenvalue weighted by Crippen LogP contribution is 2.30. The van der Waals surface area contributed by atoms with Gasteiger partial charge < -0.3 is 9.64 Å². The summed E-state index contributed by atoms with van der Waals surface area (Å²) in [5.41, 5.74) is 5.25. The van der Waals surface area contributed by atoms with Gasteiger partial charge in [-0.25, -0.2) is 4.98 Å². The molecule has 0 amide bonds. The molecule has 1 aliphatic rings. The van der Waals surface area contributed by atoms with Crippen molar-refractivity contribution in [1.82, 2.24) is 9.97 Å². The second-order valence-corrected chi connectivity index (χ2v) is 6.33. The predicted octanol–water partition coefficient (Wildman–Crippen LogP) is 4.10. The van der Waals surface area contributed by atoms with E-state index in [1.54, 1.807) is 6.20 Å². The fourth-order valence-electron chi connectivity index (χ4n) is 3.16. The lowest BCUT2D eigenvalue weighted by Crippen LogP contribution is -2.36. The molecule has 2 aromatic heterocycles. The number of hydrogen-bond acceptors (Lipinski definition) is 4. The number of morpholine rings is 1. The SMILES string of the molecule is Cc1cc(-c2cc3ncccc3c(Cl)n2)ccc1N1CCOCC1. The molecule has 5 heteroatoms. The summed E-state index contributed by atoms with van der Waals surface area (Å²) in [7, 11) is 0. The lowest BCUT2D eigenvalue weighted by molar-refractivity contribution is 0.122. The lowest BCUT2D eigenvalue weighted by Gasteiger charge is -2.30. The maximum atomic E-state index is 6.33. The van der Waals surface area contributed by atoms with Crippen LogP contribution >= 0.6 is 11.6 Å². The van der Waals surface area contributed by atoms with Gasteiger partial charge in [0.2, 0.25) is 0 Å². The molecule has 3 aromatic rings. The Bertz CT molecular complexity index is 891. The fourth-order valence-corrected chi connectivity index (χ4v) is 3.41. The van der Waals surface area contributed by atoms with Crippen LogP contribution in [0.15, 0.2) is 42.6 Å². The Kier molecular flexibility index (Phi) is 4.08. The van der Waals surface area contributed by atoms with Crippen LogP contribution in [0, 0.1) is 6.92 Å². The summed E-state index contributed by atoms with van der Waals surface area (Å²) in [6.45, 7) is 5.58. The normalized spacial score (nSPS) is 15.0. The zero-order valence-corrected chi connectivity index (χ0v) is 14.3. The van der Waals surface area contributed by atoms with Gasteiger partial charge in [-0.1, -0.05) is 17.7 Å². The summed E-state index contributed by atoms with van der Waals surface area (Å²) in [6.07, 6.45) is 1.77. The standard InChI is InChI=1S/C19H18ClN3O/c1-13-11-14(4-5-18(13)23-7-9-24-10-8-23)16-12-17-15(19(20)22-16)3-2-6-21-17/h2-6,11-12H,7-10H2,1H3. The number of aromatic nitrogens is 2. The molecule has 1 aliphatic heterocycles. The van der Waals surface area contributed by atoms with Crippen LogP contribution in [0.3, 0.4) is 0 Å². The molecule has 1 fully saturated rings. The van der Waals surface area contributed by atoms with E-state index in [2.05, 4.69) is 40.0 Å². The molecule has 0 atom stereocenters. The number of fused-ring (bicyclic) bond motifs is 1. The average Bonchev–Trinajstić information content (AvgIpc) is 2.62. The van der Waals surface area contributed by atoms with Crippen LogP contribution in [0.4, 0.5) is 5.69 Å². The van der Waals surface area contributed by atoms with Crippen molar-refractivity contribution in [3.8, 4) is 11.3 Å². The van der Waals surface area contributed by atoms with Crippen molar-refractivity contribution in [3.05, 3.63) is 53.3 Å². The van der Waals surface area contributed by atoms with E-state index in [0.29, 0.717) is 5.15 Å². The van der Waals surface area contributed by atoms with Gasteiger partial charge in [0.15, 0.2) is 0 Å². The number of anilines is 1. The molecular weight excluding hydrogens is 322 g/mol. The zero-order valence-electron chi connectivity index (χ0n) is 13.5. The zero-order chi connectivity index (χ0) is 16.5. The molecule has 3 heterocycles. The molecule has 0 radical (unpaired) electrons. The van der Waals surface area contributed by atoms with Crippen LogP contribution in [0.2, 0.25) is 5.15 Å². The van der Waals surface area contributed by atoms with Crippen LogP contribution in [-0.2, 0) is 4.74 Å². The Morgan fingerprint density at radius 3 is 2.75 bits per heavy atom. The first-order chi connectivity index (χ1) is 11.7. The van der Waals surface area contributed by atoms with E-state index in [-0.39, 0.29) is 0 Å². The molecule has 4 rings (SSSR count). The smallest absolute Gasteiger partial charge is 0.139 e. The van der Waals surface area contributed by atoms with Gasteiger partial charge in [0.1, 0.15) is 5.15 Å². The Hall–Kier alpha value is -2.17. The summed E-state index contributed by atoms with van der Waals surface area (Å²) < 4.78 is 5.43. The van der Waals surface area contributed by atoms with E-state index in [1.165, 1.54) is 11.3 Å². The minimum atomic E-state index is 0.491. The van der Waals surface area contributed by atoms with Gasteiger partial charge in [-0.2, -0.15) is 0 Å². The van der Waals surface area contributed by atoms with E-state index < -0.39 is 0 Å². The van der Waals surface area contributed by atoms with Gasteiger partial charge in [0, 0.05) is 35.9 Å². The first-order valence-corrected chi connectivity index (χ1v) is 8.45. The first kappa shape index (κ1) is 15.4. The monoisotopic (exact) mass is 339 g/mol. The molecule has 122 valence electrons. The summed E-state index contributed by atoms with van der Waals surface area (Å²) in [4.78, 5) is 11.3. The van der Waals surface area contributed by atoms with Gasteiger partial charge >= 0.3 is 0 Å². The Labute approximate surface area is 146 Å². The summed E-state index contributed by atoms with van der Waals surface area (Å²) in [5, 5.41) is 1.37. The second-order valence-electron chi connectivity index (χ2n) is 5.97. The number of rotatable bonds is 2. The third kappa shape index (κ3) is 2.83. The average molecular weight is 340 g/mol. The largest absolute Gasteiger partial charge is 0.378 e. The van der Waals surface area contributed by atoms with Gasteiger partial charge in [-0.05, 0) is 42.8 Å². The highest BCUT2D eigenvalue weighted by Gasteiger charge is 2.14. The van der Waals surface area contributed by atoms with Gasteiger partial charge in [0.25, 0.3) is 0 Å². The molecule has 4 nitrogen and oxygen atoms in total. The van der Waals surface area contributed by atoms with Crippen LogP contribution in [0.5, 0.6) is 0 Å². The van der Waals surface area contributed by atoms with Crippen LogP contribution in [0.1, 0.15) is 5.56 Å². The third-order valence-electron chi connectivity index (χ3n) is 4.40. The molecular formula is C19H18ClN3O. The molecule has 0 unspecified atom stereocenters. The van der Waals surface area contributed by atoms with Crippen molar-refractivity contribution >= 4 is 28.2 Å². The number of benzene rings is 1. The molecule has 0 saturated carbocycles. The third-order valence-corrected chi connectivity index (χ3v) is 4.69. The van der Waals surface area contributed by atoms with Crippen LogP contribution in [-0.4, -0.2) is 36.3 Å². The molecule has 0 aliphatic carbocycles. The highest BCUT2D eigenvalue weighted by atomic mass is 35.5. The number of halogens is 1. The molecule has 1 aromatic carbocycles. The van der Waals surface area contributed by atoms with Gasteiger partial charge in [0.05, 0.1) is 24.4 Å². The maximum Gasteiger partial charge on any atom is 0.139 e. The summed E-state index contributed by atoms with van der Waals surface area (Å²) >= 11 is 6.33. The number of nitrogens with zero attached hydrogens (tertiary/aromatic N) is 3. The summed E-state index contributed by atoms with van der Waals surface area (Å²) in [5.74, 6) is 0. The molecule has 0 spiro atoms. The van der Waals surface area contributed by atoms with Crippen molar-refractivity contribution in [2.45, 2.75) is 6.92 Å². The van der Waals surface area contributed by atoms with Crippen molar-refractivity contribution < 1.29 is 4.74 Å². The van der Waals surface area contributed by atoms with E-state index in [9.17, 15) is 0 Å². The number of pyridine rings is 2.